The van der Waals surface area contributed by atoms with Gasteiger partial charge >= 0.3 is 6.18 Å². The maximum atomic E-state index is 13.8. The summed E-state index contributed by atoms with van der Waals surface area (Å²) in [4.78, 5) is 26.6. The number of nitrogens with zero attached hydrogens (tertiary/aromatic N) is 5. The number of hydrogen-bond acceptors (Lipinski definition) is 6. The third kappa shape index (κ3) is 4.64. The largest absolute Gasteiger partial charge is 0.418 e. The Kier molecular flexibility index (Phi) is 6.80. The summed E-state index contributed by atoms with van der Waals surface area (Å²) >= 11 is 5.72. The highest BCUT2D eigenvalue weighted by Crippen LogP contribution is 2.48. The van der Waals surface area contributed by atoms with Crippen LogP contribution in [0.5, 0.6) is 0 Å². The molecule has 1 amide bonds. The minimum absolute atomic E-state index is 0.00355. The van der Waals surface area contributed by atoms with Crippen molar-refractivity contribution < 1.29 is 18.0 Å². The zero-order valence-corrected chi connectivity index (χ0v) is 21.2. The van der Waals surface area contributed by atoms with Crippen molar-refractivity contribution in [1.29, 1.82) is 0 Å². The van der Waals surface area contributed by atoms with Crippen LogP contribution in [0, 0.1) is 0 Å². The molecule has 1 aromatic heterocycles. The Morgan fingerprint density at radius 1 is 1.16 bits per heavy atom. The van der Waals surface area contributed by atoms with Crippen LogP contribution in [-0.2, 0) is 24.1 Å². The third-order valence-corrected chi connectivity index (χ3v) is 7.97. The van der Waals surface area contributed by atoms with Gasteiger partial charge in [0.1, 0.15) is 5.54 Å². The average molecular weight is 531 g/mol. The molecule has 1 saturated carbocycles. The summed E-state index contributed by atoms with van der Waals surface area (Å²) in [6, 6.07) is 9.12. The molecule has 3 aliphatic rings. The maximum Gasteiger partial charge on any atom is 0.418 e. The van der Waals surface area contributed by atoms with Crippen LogP contribution in [0.3, 0.4) is 0 Å². The van der Waals surface area contributed by atoms with Crippen LogP contribution in [-0.4, -0.2) is 52.3 Å². The van der Waals surface area contributed by atoms with E-state index in [2.05, 4.69) is 21.6 Å². The lowest BCUT2D eigenvalue weighted by Crippen LogP contribution is -2.55. The molecule has 1 aromatic carbocycles. The van der Waals surface area contributed by atoms with Gasteiger partial charge in [-0.1, -0.05) is 12.1 Å². The van der Waals surface area contributed by atoms with Crippen molar-refractivity contribution in [3.05, 3.63) is 53.3 Å². The highest BCUT2D eigenvalue weighted by molar-refractivity contribution is 7.81. The van der Waals surface area contributed by atoms with Crippen LogP contribution in [0.1, 0.15) is 48.9 Å². The van der Waals surface area contributed by atoms with Crippen LogP contribution in [0.2, 0.25) is 0 Å². The SMILES string of the molecule is C=NCc1ncc(N2C(=O)C3(CCC3)N(c3ccc(CN4CCC(N)CC4)cc3)C2=S)cc1C(F)(F)F. The Hall–Kier alpha value is -2.89. The van der Waals surface area contributed by atoms with Crippen molar-refractivity contribution >= 4 is 41.3 Å². The molecule has 1 aliphatic carbocycles. The minimum atomic E-state index is -4.66. The van der Waals surface area contributed by atoms with Crippen LogP contribution in [0.25, 0.3) is 0 Å². The number of piperidine rings is 1. The Morgan fingerprint density at radius 2 is 1.84 bits per heavy atom. The first-order chi connectivity index (χ1) is 17.6. The fourth-order valence-electron chi connectivity index (χ4n) is 5.41. The van der Waals surface area contributed by atoms with Gasteiger partial charge in [-0.3, -0.25) is 24.6 Å². The van der Waals surface area contributed by atoms with E-state index in [4.69, 9.17) is 18.0 Å². The number of pyridine rings is 1. The number of carbonyl (C=O) groups is 1. The Balaban J connectivity index is 1.43. The quantitative estimate of drug-likeness (QED) is 0.444. The second-order valence-corrected chi connectivity index (χ2v) is 10.4. The minimum Gasteiger partial charge on any atom is -0.328 e. The molecule has 1 spiro atoms. The molecule has 37 heavy (non-hydrogen) atoms. The monoisotopic (exact) mass is 530 g/mol. The summed E-state index contributed by atoms with van der Waals surface area (Å²) in [5.74, 6) is -0.318. The second kappa shape index (κ2) is 9.77. The Morgan fingerprint density at radius 3 is 2.41 bits per heavy atom. The molecule has 3 heterocycles. The normalized spacial score (nSPS) is 20.5. The van der Waals surface area contributed by atoms with Gasteiger partial charge < -0.3 is 10.6 Å². The van der Waals surface area contributed by atoms with Crippen LogP contribution < -0.4 is 15.5 Å². The van der Waals surface area contributed by atoms with Crippen molar-refractivity contribution in [3.8, 4) is 0 Å². The molecule has 5 rings (SSSR count). The molecule has 0 radical (unpaired) electrons. The number of amides is 1. The number of thiocarbonyl (C=S) groups is 1. The fourth-order valence-corrected chi connectivity index (χ4v) is 5.88. The second-order valence-electron chi connectivity index (χ2n) is 9.99. The zero-order chi connectivity index (χ0) is 26.4. The molecule has 2 saturated heterocycles. The maximum absolute atomic E-state index is 13.8. The lowest BCUT2D eigenvalue weighted by atomic mass is 9.75. The highest BCUT2D eigenvalue weighted by atomic mass is 32.1. The summed E-state index contributed by atoms with van der Waals surface area (Å²) in [5.41, 5.74) is 5.82. The van der Waals surface area contributed by atoms with Crippen molar-refractivity contribution in [2.45, 2.75) is 63.0 Å². The smallest absolute Gasteiger partial charge is 0.328 e. The van der Waals surface area contributed by atoms with Gasteiger partial charge in [-0.2, -0.15) is 13.2 Å². The van der Waals surface area contributed by atoms with Gasteiger partial charge in [-0.15, -0.1) is 0 Å². The molecule has 0 unspecified atom stereocenters. The number of anilines is 2. The number of rotatable bonds is 6. The van der Waals surface area contributed by atoms with Gasteiger partial charge in [-0.05, 0) is 87.9 Å². The predicted octanol–water partition coefficient (Wildman–Crippen LogP) is 4.28. The van der Waals surface area contributed by atoms with Gasteiger partial charge in [0.2, 0.25) is 0 Å². The van der Waals surface area contributed by atoms with Gasteiger partial charge in [0, 0.05) is 18.3 Å². The lowest BCUT2D eigenvalue weighted by Gasteiger charge is -2.43. The van der Waals surface area contributed by atoms with Crippen molar-refractivity contribution in [3.63, 3.8) is 0 Å². The summed E-state index contributed by atoms with van der Waals surface area (Å²) < 4.78 is 41.3. The average Bonchev–Trinajstić information content (AvgIpc) is 3.08. The van der Waals surface area contributed by atoms with Crippen molar-refractivity contribution in [1.82, 2.24) is 9.88 Å². The van der Waals surface area contributed by atoms with E-state index < -0.39 is 17.3 Å². The fraction of sp³-hybridized carbons (Fsp3) is 0.462. The Bertz CT molecular complexity index is 1210. The van der Waals surface area contributed by atoms with E-state index in [1.54, 1.807) is 0 Å². The van der Waals surface area contributed by atoms with Crippen molar-refractivity contribution in [2.24, 2.45) is 10.7 Å². The van der Waals surface area contributed by atoms with E-state index in [1.807, 2.05) is 29.2 Å². The number of carbonyl (C=O) groups excluding carboxylic acids is 1. The number of alkyl halides is 3. The van der Waals surface area contributed by atoms with Crippen LogP contribution >= 0.6 is 12.2 Å². The molecule has 2 aliphatic heterocycles. The molecule has 0 atom stereocenters. The topological polar surface area (TPSA) is 78.1 Å². The number of halogens is 3. The number of aromatic nitrogens is 1. The number of hydrogen-bond donors (Lipinski definition) is 1. The first kappa shape index (κ1) is 25.7. The Labute approximate surface area is 219 Å². The molecule has 11 heteroatoms. The van der Waals surface area contributed by atoms with Gasteiger partial charge in [-0.25, -0.2) is 0 Å². The first-order valence-corrected chi connectivity index (χ1v) is 12.8. The van der Waals surface area contributed by atoms with Crippen molar-refractivity contribution in [2.75, 3.05) is 22.9 Å². The van der Waals surface area contributed by atoms with E-state index in [9.17, 15) is 18.0 Å². The molecule has 196 valence electrons. The summed E-state index contributed by atoms with van der Waals surface area (Å²) in [6.07, 6.45) is 0.559. The molecular weight excluding hydrogens is 501 g/mol. The summed E-state index contributed by atoms with van der Waals surface area (Å²) in [6.45, 7) is 5.72. The summed E-state index contributed by atoms with van der Waals surface area (Å²) in [7, 11) is 0. The predicted molar refractivity (Wildman–Crippen MR) is 141 cm³/mol. The zero-order valence-electron chi connectivity index (χ0n) is 20.4. The van der Waals surface area contributed by atoms with Gasteiger partial charge in [0.15, 0.2) is 5.11 Å². The van der Waals surface area contributed by atoms with E-state index in [0.717, 1.165) is 56.2 Å². The number of benzene rings is 1. The summed E-state index contributed by atoms with van der Waals surface area (Å²) in [5, 5.41) is 0.159. The molecule has 7 nitrogen and oxygen atoms in total. The number of aliphatic imine (C=N–C) groups is 1. The molecule has 2 N–H and O–H groups in total. The molecular formula is C26H29F3N6OS. The van der Waals surface area contributed by atoms with Crippen LogP contribution in [0.4, 0.5) is 24.5 Å². The van der Waals surface area contributed by atoms with E-state index in [-0.39, 0.29) is 35.0 Å². The van der Waals surface area contributed by atoms with Gasteiger partial charge in [0.25, 0.3) is 5.91 Å². The van der Waals surface area contributed by atoms with Gasteiger partial charge in [0.05, 0.1) is 29.7 Å². The first-order valence-electron chi connectivity index (χ1n) is 12.4. The third-order valence-electron chi connectivity index (χ3n) is 7.61. The van der Waals surface area contributed by atoms with E-state index >= 15 is 0 Å². The molecule has 3 fully saturated rings. The number of likely N-dealkylation sites (tertiary alicyclic amines) is 1. The highest BCUT2D eigenvalue weighted by Gasteiger charge is 2.59. The standard InChI is InChI=1S/C26H29F3N6OS/c1-31-15-22-21(26(27,28)29)13-20(14-32-22)34-23(36)25(9-2-10-25)35(24(34)37)19-5-3-17(4-6-19)16-33-11-7-18(30)8-12-33/h3-6,13-14,18H,1-2,7-12,15-16,30H2. The van der Waals surface area contributed by atoms with E-state index in [0.29, 0.717) is 12.8 Å². The lowest BCUT2D eigenvalue weighted by molar-refractivity contribution is -0.138. The molecule has 2 aromatic rings. The number of nitrogens with two attached hydrogens (primary N) is 1. The molecule has 0 bridgehead atoms. The van der Waals surface area contributed by atoms with Crippen LogP contribution in [0.15, 0.2) is 41.5 Å². The van der Waals surface area contributed by atoms with E-state index in [1.165, 1.54) is 11.1 Å².